The van der Waals surface area contributed by atoms with Gasteiger partial charge in [0.25, 0.3) is 0 Å². The summed E-state index contributed by atoms with van der Waals surface area (Å²) in [4.78, 5) is 27.7. The van der Waals surface area contributed by atoms with Crippen LogP contribution in [-0.4, -0.2) is 24.7 Å². The third-order valence-electron chi connectivity index (χ3n) is 4.89. The number of nitrogens with zero attached hydrogens (tertiary/aromatic N) is 6. The van der Waals surface area contributed by atoms with Crippen LogP contribution in [0.4, 0.5) is 0 Å². The topological polar surface area (TPSA) is 132 Å². The normalized spacial score (nSPS) is 22.2. The van der Waals surface area contributed by atoms with Crippen LogP contribution in [0.1, 0.15) is 58.8 Å². The zero-order chi connectivity index (χ0) is 18.7. The van der Waals surface area contributed by atoms with Crippen LogP contribution in [0.2, 0.25) is 0 Å². The van der Waals surface area contributed by atoms with Crippen LogP contribution in [-0.2, 0) is 9.59 Å². The second-order valence-corrected chi connectivity index (χ2v) is 6.56. The summed E-state index contributed by atoms with van der Waals surface area (Å²) >= 11 is 0. The highest BCUT2D eigenvalue weighted by Crippen LogP contribution is 2.32. The lowest BCUT2D eigenvalue weighted by molar-refractivity contribution is -0.121. The molecule has 136 valence electrons. The van der Waals surface area contributed by atoms with Gasteiger partial charge in [-0.25, -0.2) is 0 Å². The number of hydrogen-bond acceptors (Lipinski definition) is 4. The van der Waals surface area contributed by atoms with Crippen LogP contribution in [0.3, 0.4) is 0 Å². The minimum atomic E-state index is 0.128. The maximum absolute atomic E-state index is 11.2. The quantitative estimate of drug-likeness (QED) is 0.378. The maximum Gasteiger partial charge on any atom is 0.155 e. The number of allylic oxidation sites excluding steroid dienone is 1. The van der Waals surface area contributed by atoms with Gasteiger partial charge in [0.2, 0.25) is 0 Å². The van der Waals surface area contributed by atoms with E-state index in [9.17, 15) is 9.59 Å². The molecule has 0 radical (unpaired) electrons. The Kier molecular flexibility index (Phi) is 9.37. The molecule has 0 saturated heterocycles. The Morgan fingerprint density at radius 3 is 2.32 bits per heavy atom. The highest BCUT2D eigenvalue weighted by atomic mass is 16.1. The molecule has 2 rings (SSSR count). The van der Waals surface area contributed by atoms with Crippen molar-refractivity contribution in [1.82, 2.24) is 0 Å². The molecule has 1 saturated carbocycles. The number of Topliss-reactive ketones (excluding diaryl/α,β-unsaturated/α-hetero) is 2. The molecule has 0 spiro atoms. The predicted molar refractivity (Wildman–Crippen MR) is 95.7 cm³/mol. The lowest BCUT2D eigenvalue weighted by Crippen LogP contribution is -2.18. The van der Waals surface area contributed by atoms with Gasteiger partial charge in [-0.15, -0.1) is 0 Å². The predicted octanol–water partition coefficient (Wildman–Crippen LogP) is 5.06. The fourth-order valence-electron chi connectivity index (χ4n) is 3.62. The van der Waals surface area contributed by atoms with E-state index in [-0.39, 0.29) is 17.5 Å². The third kappa shape index (κ3) is 6.99. The molecule has 0 aromatic rings. The van der Waals surface area contributed by atoms with E-state index in [1.165, 1.54) is 0 Å². The Balaban J connectivity index is 0.000000251. The van der Waals surface area contributed by atoms with Gasteiger partial charge >= 0.3 is 0 Å². The van der Waals surface area contributed by atoms with E-state index in [1.54, 1.807) is 13.8 Å². The summed E-state index contributed by atoms with van der Waals surface area (Å²) in [6.07, 6.45) is 7.04. The van der Waals surface area contributed by atoms with E-state index < -0.39 is 0 Å². The molecule has 8 heteroatoms. The fourth-order valence-corrected chi connectivity index (χ4v) is 3.62. The highest BCUT2D eigenvalue weighted by molar-refractivity contribution is 5.94. The van der Waals surface area contributed by atoms with E-state index in [0.717, 1.165) is 56.1 Å². The highest BCUT2D eigenvalue weighted by Gasteiger charge is 2.29. The standard InChI is InChI=1S/C9H13N3O.C8H13N3O/c1-7(13)9-5-3-2-4-8(9)6-11-12-10;1-6(12)8-4-2-3-7(8)5-10-11-9/h2-6H2,1H3;7-8H,2-5H2,1H3. The summed E-state index contributed by atoms with van der Waals surface area (Å²) in [6, 6.07) is 0. The number of carbonyl (C=O) groups excluding carboxylic acids is 2. The van der Waals surface area contributed by atoms with E-state index in [1.807, 2.05) is 0 Å². The van der Waals surface area contributed by atoms with Crippen molar-refractivity contribution in [3.05, 3.63) is 32.0 Å². The Labute approximate surface area is 147 Å². The molecule has 2 aliphatic carbocycles. The Bertz CT molecular complexity index is 615. The molecular weight excluding hydrogens is 320 g/mol. The molecule has 0 N–H and O–H groups in total. The minimum Gasteiger partial charge on any atom is -0.300 e. The molecule has 2 atom stereocenters. The minimum absolute atomic E-state index is 0.128. The van der Waals surface area contributed by atoms with Gasteiger partial charge in [-0.05, 0) is 74.9 Å². The van der Waals surface area contributed by atoms with Crippen molar-refractivity contribution in [2.24, 2.45) is 22.1 Å². The van der Waals surface area contributed by atoms with Gasteiger partial charge in [0.1, 0.15) is 5.78 Å². The first kappa shape index (κ1) is 20.7. The lowest BCUT2D eigenvalue weighted by atomic mass is 9.90. The van der Waals surface area contributed by atoms with Crippen molar-refractivity contribution < 1.29 is 9.59 Å². The van der Waals surface area contributed by atoms with Crippen LogP contribution < -0.4 is 0 Å². The summed E-state index contributed by atoms with van der Waals surface area (Å²) in [7, 11) is 0. The second-order valence-electron chi connectivity index (χ2n) is 6.56. The zero-order valence-electron chi connectivity index (χ0n) is 15.0. The maximum atomic E-state index is 11.2. The number of azide groups is 2. The molecule has 0 aromatic carbocycles. The summed E-state index contributed by atoms with van der Waals surface area (Å²) in [5, 5.41) is 7.01. The van der Waals surface area contributed by atoms with Crippen LogP contribution in [0.25, 0.3) is 20.9 Å². The summed E-state index contributed by atoms with van der Waals surface area (Å²) in [6.45, 7) is 4.06. The lowest BCUT2D eigenvalue weighted by Gasteiger charge is -2.16. The molecule has 0 aliphatic heterocycles. The molecular formula is C17H26N6O2. The van der Waals surface area contributed by atoms with Crippen LogP contribution in [0.15, 0.2) is 21.4 Å². The molecule has 2 aliphatic rings. The summed E-state index contributed by atoms with van der Waals surface area (Å²) in [5.41, 5.74) is 18.2. The number of rotatable bonds is 6. The first-order valence-corrected chi connectivity index (χ1v) is 8.75. The number of ketones is 2. The average Bonchev–Trinajstić information content (AvgIpc) is 3.07. The Hall–Kier alpha value is -2.30. The third-order valence-corrected chi connectivity index (χ3v) is 4.89. The smallest absolute Gasteiger partial charge is 0.155 e. The fraction of sp³-hybridized carbons (Fsp3) is 0.765. The SMILES string of the molecule is CC(=O)C1=C(CN=[N+]=[N-])CCCC1.CC(=O)C1CCCC1CN=[N+]=[N-]. The van der Waals surface area contributed by atoms with Gasteiger partial charge in [0.05, 0.1) is 0 Å². The van der Waals surface area contributed by atoms with Crippen LogP contribution >= 0.6 is 0 Å². The monoisotopic (exact) mass is 346 g/mol. The van der Waals surface area contributed by atoms with Gasteiger partial charge in [-0.3, -0.25) is 9.59 Å². The summed E-state index contributed by atoms with van der Waals surface area (Å²) < 4.78 is 0. The van der Waals surface area contributed by atoms with Crippen molar-refractivity contribution in [3.63, 3.8) is 0 Å². The molecule has 1 fully saturated rings. The second kappa shape index (κ2) is 11.3. The molecule has 2 unspecified atom stereocenters. The molecule has 0 heterocycles. The summed E-state index contributed by atoms with van der Waals surface area (Å²) in [5.74, 6) is 0.822. The van der Waals surface area contributed by atoms with Gasteiger partial charge in [-0.2, -0.15) is 0 Å². The van der Waals surface area contributed by atoms with Gasteiger partial charge in [-0.1, -0.05) is 22.2 Å². The van der Waals surface area contributed by atoms with Crippen LogP contribution in [0, 0.1) is 11.8 Å². The van der Waals surface area contributed by atoms with Crippen molar-refractivity contribution in [1.29, 1.82) is 0 Å². The number of hydrogen-bond donors (Lipinski definition) is 0. The first-order valence-electron chi connectivity index (χ1n) is 8.75. The zero-order valence-corrected chi connectivity index (χ0v) is 15.0. The van der Waals surface area contributed by atoms with E-state index in [4.69, 9.17) is 11.1 Å². The van der Waals surface area contributed by atoms with Gasteiger partial charge in [0.15, 0.2) is 5.78 Å². The van der Waals surface area contributed by atoms with Crippen LogP contribution in [0.5, 0.6) is 0 Å². The molecule has 0 bridgehead atoms. The van der Waals surface area contributed by atoms with E-state index in [0.29, 0.717) is 19.0 Å². The van der Waals surface area contributed by atoms with Crippen molar-refractivity contribution >= 4 is 11.6 Å². The van der Waals surface area contributed by atoms with Gasteiger partial charge < -0.3 is 0 Å². The molecule has 0 amide bonds. The Morgan fingerprint density at radius 1 is 1.04 bits per heavy atom. The number of carbonyl (C=O) groups is 2. The van der Waals surface area contributed by atoms with Crippen molar-refractivity contribution in [3.8, 4) is 0 Å². The van der Waals surface area contributed by atoms with E-state index >= 15 is 0 Å². The van der Waals surface area contributed by atoms with E-state index in [2.05, 4.69) is 20.1 Å². The average molecular weight is 346 g/mol. The largest absolute Gasteiger partial charge is 0.300 e. The molecule has 0 aromatic heterocycles. The van der Waals surface area contributed by atoms with Crippen molar-refractivity contribution in [2.45, 2.75) is 58.8 Å². The van der Waals surface area contributed by atoms with Gasteiger partial charge in [0, 0.05) is 28.8 Å². The molecule has 8 nitrogen and oxygen atoms in total. The molecule has 25 heavy (non-hydrogen) atoms. The van der Waals surface area contributed by atoms with Crippen molar-refractivity contribution in [2.75, 3.05) is 13.1 Å². The Morgan fingerprint density at radius 2 is 1.72 bits per heavy atom. The first-order chi connectivity index (χ1) is 12.0.